The van der Waals surface area contributed by atoms with E-state index in [9.17, 15) is 4.79 Å². The van der Waals surface area contributed by atoms with Crippen LogP contribution in [0.15, 0.2) is 71.3 Å². The van der Waals surface area contributed by atoms with E-state index in [1.54, 1.807) is 12.1 Å². The summed E-state index contributed by atoms with van der Waals surface area (Å²) < 4.78 is 11.0. The summed E-state index contributed by atoms with van der Waals surface area (Å²) in [7, 11) is 0. The predicted octanol–water partition coefficient (Wildman–Crippen LogP) is 5.35. The fourth-order valence-corrected chi connectivity index (χ4v) is 3.02. The molecule has 4 rings (SSSR count). The molecule has 0 bridgehead atoms. The number of aromatic nitrogens is 2. The molecule has 0 aliphatic rings. The normalized spacial score (nSPS) is 10.7. The van der Waals surface area contributed by atoms with Crippen molar-refractivity contribution in [2.75, 3.05) is 11.9 Å². The predicted molar refractivity (Wildman–Crippen MR) is 120 cm³/mol. The Hall–Kier alpha value is -3.93. The first-order valence-electron chi connectivity index (χ1n) is 9.99. The third-order valence-corrected chi connectivity index (χ3v) is 5.00. The number of benzene rings is 3. The minimum absolute atomic E-state index is 0.0790. The lowest BCUT2D eigenvalue weighted by molar-refractivity contribution is -0.118. The molecular weight excluding hydrogens is 390 g/mol. The first-order valence-corrected chi connectivity index (χ1v) is 9.99. The van der Waals surface area contributed by atoms with Gasteiger partial charge in [0.25, 0.3) is 11.8 Å². The van der Waals surface area contributed by atoms with Crippen LogP contribution in [-0.2, 0) is 4.79 Å². The van der Waals surface area contributed by atoms with Crippen LogP contribution in [0.25, 0.3) is 22.8 Å². The summed E-state index contributed by atoms with van der Waals surface area (Å²) in [4.78, 5) is 16.6. The fourth-order valence-electron chi connectivity index (χ4n) is 3.02. The van der Waals surface area contributed by atoms with Crippen molar-refractivity contribution in [3.05, 3.63) is 83.4 Å². The number of carbonyl (C=O) groups excluding carboxylic acids is 1. The maximum Gasteiger partial charge on any atom is 0.262 e. The Balaban J connectivity index is 1.35. The average molecular weight is 413 g/mol. The number of hydrogen-bond donors (Lipinski definition) is 1. The number of carbonyl (C=O) groups is 1. The first kappa shape index (κ1) is 20.3. The lowest BCUT2D eigenvalue weighted by Gasteiger charge is -2.09. The second-order valence-corrected chi connectivity index (χ2v) is 7.45. The molecule has 1 N–H and O–H groups in total. The second-order valence-electron chi connectivity index (χ2n) is 7.45. The van der Waals surface area contributed by atoms with E-state index in [1.165, 1.54) is 11.1 Å². The van der Waals surface area contributed by atoms with Crippen molar-refractivity contribution in [3.8, 4) is 28.6 Å². The molecule has 156 valence electrons. The molecule has 1 aromatic heterocycles. The smallest absolute Gasteiger partial charge is 0.262 e. The second kappa shape index (κ2) is 8.83. The average Bonchev–Trinajstić information content (AvgIpc) is 3.26. The van der Waals surface area contributed by atoms with Gasteiger partial charge in [-0.3, -0.25) is 4.79 Å². The Morgan fingerprint density at radius 3 is 2.32 bits per heavy atom. The maximum atomic E-state index is 12.2. The molecule has 4 aromatic rings. The zero-order valence-corrected chi connectivity index (χ0v) is 17.7. The zero-order chi connectivity index (χ0) is 21.8. The van der Waals surface area contributed by atoms with Crippen LogP contribution in [0.3, 0.4) is 0 Å². The van der Waals surface area contributed by atoms with E-state index in [-0.39, 0.29) is 12.5 Å². The van der Waals surface area contributed by atoms with Crippen LogP contribution in [0.4, 0.5) is 5.69 Å². The summed E-state index contributed by atoms with van der Waals surface area (Å²) in [5.74, 6) is 1.33. The fraction of sp³-hybridized carbons (Fsp3) is 0.160. The van der Waals surface area contributed by atoms with Crippen molar-refractivity contribution in [1.82, 2.24) is 10.1 Å². The Labute approximate surface area is 180 Å². The number of ether oxygens (including phenoxy) is 1. The number of rotatable bonds is 6. The van der Waals surface area contributed by atoms with Crippen LogP contribution < -0.4 is 10.1 Å². The summed E-state index contributed by atoms with van der Waals surface area (Å²) >= 11 is 0. The number of amides is 1. The van der Waals surface area contributed by atoms with E-state index >= 15 is 0 Å². The van der Waals surface area contributed by atoms with Crippen LogP contribution in [0.1, 0.15) is 16.7 Å². The SMILES string of the molecule is Cc1ccc(-c2noc(-c3ccc(OCC(=O)Nc4ccc(C)c(C)c4)cc3)n2)cc1. The van der Waals surface area contributed by atoms with Crippen molar-refractivity contribution in [1.29, 1.82) is 0 Å². The lowest BCUT2D eigenvalue weighted by Crippen LogP contribution is -2.20. The summed E-state index contributed by atoms with van der Waals surface area (Å²) in [6.45, 7) is 5.99. The molecule has 31 heavy (non-hydrogen) atoms. The summed E-state index contributed by atoms with van der Waals surface area (Å²) in [5.41, 5.74) is 5.91. The Bertz CT molecular complexity index is 1200. The van der Waals surface area contributed by atoms with Gasteiger partial charge in [0.05, 0.1) is 0 Å². The van der Waals surface area contributed by atoms with Gasteiger partial charge in [-0.1, -0.05) is 41.1 Å². The molecule has 3 aromatic carbocycles. The highest BCUT2D eigenvalue weighted by Crippen LogP contribution is 2.24. The molecule has 1 amide bonds. The van der Waals surface area contributed by atoms with E-state index in [0.717, 1.165) is 22.4 Å². The first-order chi connectivity index (χ1) is 15.0. The largest absolute Gasteiger partial charge is 0.484 e. The molecular formula is C25H23N3O3. The molecule has 0 fully saturated rings. The molecule has 6 nitrogen and oxygen atoms in total. The molecule has 0 atom stereocenters. The van der Waals surface area contributed by atoms with Gasteiger partial charge in [0.2, 0.25) is 5.82 Å². The zero-order valence-electron chi connectivity index (χ0n) is 17.7. The Kier molecular flexibility index (Phi) is 5.80. The Morgan fingerprint density at radius 2 is 1.61 bits per heavy atom. The van der Waals surface area contributed by atoms with E-state index in [4.69, 9.17) is 9.26 Å². The molecule has 0 unspecified atom stereocenters. The van der Waals surface area contributed by atoms with E-state index in [1.807, 2.05) is 75.4 Å². The third-order valence-electron chi connectivity index (χ3n) is 5.00. The highest BCUT2D eigenvalue weighted by atomic mass is 16.5. The van der Waals surface area contributed by atoms with Crippen molar-refractivity contribution in [3.63, 3.8) is 0 Å². The van der Waals surface area contributed by atoms with Crippen molar-refractivity contribution < 1.29 is 14.1 Å². The maximum absolute atomic E-state index is 12.2. The molecule has 0 saturated carbocycles. The molecule has 0 aliphatic carbocycles. The van der Waals surface area contributed by atoms with Crippen LogP contribution >= 0.6 is 0 Å². The summed E-state index contributed by atoms with van der Waals surface area (Å²) in [6.07, 6.45) is 0. The topological polar surface area (TPSA) is 77.2 Å². The van der Waals surface area contributed by atoms with Crippen molar-refractivity contribution in [2.45, 2.75) is 20.8 Å². The number of nitrogens with one attached hydrogen (secondary N) is 1. The van der Waals surface area contributed by atoms with E-state index in [2.05, 4.69) is 15.5 Å². The van der Waals surface area contributed by atoms with Gasteiger partial charge in [-0.05, 0) is 68.3 Å². The number of anilines is 1. The van der Waals surface area contributed by atoms with Gasteiger partial charge in [-0.2, -0.15) is 4.98 Å². The van der Waals surface area contributed by atoms with Gasteiger partial charge < -0.3 is 14.6 Å². The minimum atomic E-state index is -0.216. The lowest BCUT2D eigenvalue weighted by atomic mass is 10.1. The summed E-state index contributed by atoms with van der Waals surface area (Å²) in [6, 6.07) is 20.9. The van der Waals surface area contributed by atoms with Gasteiger partial charge in [0, 0.05) is 16.8 Å². The van der Waals surface area contributed by atoms with Crippen molar-refractivity contribution >= 4 is 11.6 Å². The Morgan fingerprint density at radius 1 is 0.903 bits per heavy atom. The van der Waals surface area contributed by atoms with Gasteiger partial charge in [0.15, 0.2) is 6.61 Å². The summed E-state index contributed by atoms with van der Waals surface area (Å²) in [5, 5.41) is 6.90. The van der Waals surface area contributed by atoms with Gasteiger partial charge >= 0.3 is 0 Å². The molecule has 0 aliphatic heterocycles. The van der Waals surface area contributed by atoms with Crippen LogP contribution in [0.5, 0.6) is 5.75 Å². The van der Waals surface area contributed by atoms with Crippen molar-refractivity contribution in [2.24, 2.45) is 0 Å². The van der Waals surface area contributed by atoms with Gasteiger partial charge in [-0.15, -0.1) is 0 Å². The van der Waals surface area contributed by atoms with Gasteiger partial charge in [0.1, 0.15) is 5.75 Å². The number of hydrogen-bond acceptors (Lipinski definition) is 5. The highest BCUT2D eigenvalue weighted by molar-refractivity contribution is 5.92. The molecule has 6 heteroatoms. The molecule has 0 spiro atoms. The number of nitrogens with zero attached hydrogens (tertiary/aromatic N) is 2. The molecule has 0 radical (unpaired) electrons. The van der Waals surface area contributed by atoms with Crippen LogP contribution in [-0.4, -0.2) is 22.7 Å². The minimum Gasteiger partial charge on any atom is -0.484 e. The van der Waals surface area contributed by atoms with Gasteiger partial charge in [-0.25, -0.2) is 0 Å². The molecule has 0 saturated heterocycles. The third kappa shape index (κ3) is 4.98. The quantitative estimate of drug-likeness (QED) is 0.461. The van der Waals surface area contributed by atoms with E-state index < -0.39 is 0 Å². The van der Waals surface area contributed by atoms with Crippen LogP contribution in [0.2, 0.25) is 0 Å². The van der Waals surface area contributed by atoms with Crippen LogP contribution in [0, 0.1) is 20.8 Å². The molecule has 1 heterocycles. The standard InChI is InChI=1S/C25H23N3O3/c1-16-4-7-19(8-5-16)24-27-25(31-28-24)20-9-12-22(13-10-20)30-15-23(29)26-21-11-6-17(2)18(3)14-21/h4-14H,15H2,1-3H3,(H,26,29). The number of aryl methyl sites for hydroxylation is 3. The monoisotopic (exact) mass is 413 g/mol. The van der Waals surface area contributed by atoms with E-state index in [0.29, 0.717) is 17.5 Å². The highest BCUT2D eigenvalue weighted by Gasteiger charge is 2.11.